The van der Waals surface area contributed by atoms with Crippen molar-refractivity contribution in [3.05, 3.63) is 29.2 Å². The monoisotopic (exact) mass is 303 g/mol. The van der Waals surface area contributed by atoms with Gasteiger partial charge in [0.2, 0.25) is 5.89 Å². The second-order valence-corrected chi connectivity index (χ2v) is 6.34. The molecule has 2 aromatic heterocycles. The Kier molecular flexibility index (Phi) is 4.29. The van der Waals surface area contributed by atoms with E-state index < -0.39 is 0 Å². The number of fused-ring (bicyclic) bond motifs is 1. The molecule has 6 nitrogen and oxygen atoms in total. The molecule has 1 N–H and O–H groups in total. The predicted octanol–water partition coefficient (Wildman–Crippen LogP) is 3.14. The van der Waals surface area contributed by atoms with Gasteiger partial charge >= 0.3 is 0 Å². The molecule has 0 bridgehead atoms. The van der Waals surface area contributed by atoms with Gasteiger partial charge in [-0.05, 0) is 33.1 Å². The molecule has 0 aromatic carbocycles. The summed E-state index contributed by atoms with van der Waals surface area (Å²) >= 11 is 0. The first-order chi connectivity index (χ1) is 10.6. The Hall–Kier alpha value is -1.69. The number of aromatic nitrogens is 4. The molecular weight excluding hydrogens is 278 g/mol. The molecule has 0 spiro atoms. The zero-order valence-electron chi connectivity index (χ0n) is 13.8. The quantitative estimate of drug-likeness (QED) is 0.919. The molecule has 120 valence electrons. The average molecular weight is 303 g/mol. The highest BCUT2D eigenvalue weighted by molar-refractivity contribution is 5.25. The minimum Gasteiger partial charge on any atom is -0.338 e. The van der Waals surface area contributed by atoms with E-state index in [0.717, 1.165) is 25.2 Å². The molecule has 0 radical (unpaired) electrons. The van der Waals surface area contributed by atoms with Crippen LogP contribution < -0.4 is 5.32 Å². The SMILES string of the molecule is CCn1ncc2c1CCC[C@H]2N[C@H](C)c1nc(C(C)C)no1. The predicted molar refractivity (Wildman–Crippen MR) is 83.5 cm³/mol. The van der Waals surface area contributed by atoms with Crippen LogP contribution in [0, 0.1) is 0 Å². The maximum absolute atomic E-state index is 5.40. The fourth-order valence-corrected chi connectivity index (χ4v) is 3.10. The van der Waals surface area contributed by atoms with E-state index in [9.17, 15) is 0 Å². The standard InChI is InChI=1S/C16H25N5O/c1-5-21-14-8-6-7-13(12(14)9-17-21)18-11(4)16-19-15(10(2)3)20-22-16/h9-11,13,18H,5-8H2,1-4H3/t11-,13-/m1/s1. The van der Waals surface area contributed by atoms with E-state index in [4.69, 9.17) is 4.52 Å². The number of aryl methyl sites for hydroxylation is 1. The van der Waals surface area contributed by atoms with Gasteiger partial charge in [-0.25, -0.2) is 0 Å². The molecule has 0 saturated heterocycles. The molecular formula is C16H25N5O. The summed E-state index contributed by atoms with van der Waals surface area (Å²) in [5.41, 5.74) is 2.69. The Labute approximate surface area is 131 Å². The van der Waals surface area contributed by atoms with Gasteiger partial charge < -0.3 is 4.52 Å². The number of nitrogens with one attached hydrogen (secondary N) is 1. The molecule has 0 unspecified atom stereocenters. The van der Waals surface area contributed by atoms with Gasteiger partial charge in [-0.2, -0.15) is 10.1 Å². The fourth-order valence-electron chi connectivity index (χ4n) is 3.10. The third-order valence-corrected chi connectivity index (χ3v) is 4.36. The Morgan fingerprint density at radius 2 is 2.23 bits per heavy atom. The number of hydrogen-bond acceptors (Lipinski definition) is 5. The topological polar surface area (TPSA) is 68.8 Å². The van der Waals surface area contributed by atoms with Crippen molar-refractivity contribution in [3.8, 4) is 0 Å². The molecule has 0 aliphatic heterocycles. The van der Waals surface area contributed by atoms with Gasteiger partial charge in [-0.3, -0.25) is 10.00 Å². The minimum atomic E-state index is 0.0425. The van der Waals surface area contributed by atoms with Crippen LogP contribution in [0.2, 0.25) is 0 Å². The highest BCUT2D eigenvalue weighted by atomic mass is 16.5. The zero-order chi connectivity index (χ0) is 15.7. The lowest BCUT2D eigenvalue weighted by molar-refractivity contribution is 0.311. The smallest absolute Gasteiger partial charge is 0.243 e. The van der Waals surface area contributed by atoms with Crippen molar-refractivity contribution in [2.24, 2.45) is 0 Å². The lowest BCUT2D eigenvalue weighted by Crippen LogP contribution is -2.28. The third-order valence-electron chi connectivity index (χ3n) is 4.36. The summed E-state index contributed by atoms with van der Waals surface area (Å²) in [6.45, 7) is 9.28. The van der Waals surface area contributed by atoms with Crippen LogP contribution in [0.5, 0.6) is 0 Å². The van der Waals surface area contributed by atoms with Crippen molar-refractivity contribution in [3.63, 3.8) is 0 Å². The van der Waals surface area contributed by atoms with Gasteiger partial charge in [-0.1, -0.05) is 19.0 Å². The molecule has 1 aliphatic rings. The molecule has 0 fully saturated rings. The van der Waals surface area contributed by atoms with Crippen LogP contribution in [-0.2, 0) is 13.0 Å². The van der Waals surface area contributed by atoms with E-state index in [1.807, 2.05) is 6.20 Å². The van der Waals surface area contributed by atoms with E-state index >= 15 is 0 Å². The van der Waals surface area contributed by atoms with E-state index in [-0.39, 0.29) is 12.0 Å². The van der Waals surface area contributed by atoms with Crippen molar-refractivity contribution in [2.45, 2.75) is 71.5 Å². The summed E-state index contributed by atoms with van der Waals surface area (Å²) < 4.78 is 7.51. The number of nitrogens with zero attached hydrogens (tertiary/aromatic N) is 4. The zero-order valence-corrected chi connectivity index (χ0v) is 13.8. The highest BCUT2D eigenvalue weighted by Crippen LogP contribution is 2.31. The van der Waals surface area contributed by atoms with Crippen LogP contribution >= 0.6 is 0 Å². The molecule has 2 atom stereocenters. The van der Waals surface area contributed by atoms with Gasteiger partial charge in [0.15, 0.2) is 5.82 Å². The first kappa shape index (κ1) is 15.2. The number of hydrogen-bond donors (Lipinski definition) is 1. The summed E-state index contributed by atoms with van der Waals surface area (Å²) in [5.74, 6) is 1.72. The van der Waals surface area contributed by atoms with Crippen molar-refractivity contribution in [1.29, 1.82) is 0 Å². The Balaban J connectivity index is 1.74. The second kappa shape index (κ2) is 6.20. The highest BCUT2D eigenvalue weighted by Gasteiger charge is 2.26. The van der Waals surface area contributed by atoms with Crippen LogP contribution in [0.3, 0.4) is 0 Å². The van der Waals surface area contributed by atoms with Crippen LogP contribution in [0.25, 0.3) is 0 Å². The Bertz CT molecular complexity index is 630. The largest absolute Gasteiger partial charge is 0.338 e. The average Bonchev–Trinajstić information content (AvgIpc) is 3.14. The van der Waals surface area contributed by atoms with Gasteiger partial charge in [0.05, 0.1) is 12.2 Å². The normalized spacial score (nSPS) is 19.4. The molecule has 1 aliphatic carbocycles. The van der Waals surface area contributed by atoms with E-state index in [1.165, 1.54) is 17.7 Å². The summed E-state index contributed by atoms with van der Waals surface area (Å²) in [7, 11) is 0. The Morgan fingerprint density at radius 1 is 1.41 bits per heavy atom. The van der Waals surface area contributed by atoms with Crippen molar-refractivity contribution < 1.29 is 4.52 Å². The summed E-state index contributed by atoms with van der Waals surface area (Å²) in [6.07, 6.45) is 5.44. The van der Waals surface area contributed by atoms with Gasteiger partial charge in [0.1, 0.15) is 0 Å². The van der Waals surface area contributed by atoms with Crippen LogP contribution in [-0.4, -0.2) is 19.9 Å². The Morgan fingerprint density at radius 3 is 2.91 bits per heavy atom. The number of rotatable bonds is 5. The molecule has 2 aromatic rings. The molecule has 6 heteroatoms. The lowest BCUT2D eigenvalue weighted by atomic mass is 9.92. The van der Waals surface area contributed by atoms with Gasteiger partial charge in [0.25, 0.3) is 0 Å². The van der Waals surface area contributed by atoms with E-state index in [2.05, 4.69) is 52.9 Å². The molecule has 2 heterocycles. The molecule has 3 rings (SSSR count). The first-order valence-electron chi connectivity index (χ1n) is 8.24. The second-order valence-electron chi connectivity index (χ2n) is 6.34. The van der Waals surface area contributed by atoms with Gasteiger partial charge in [0, 0.05) is 29.8 Å². The molecule has 22 heavy (non-hydrogen) atoms. The van der Waals surface area contributed by atoms with Crippen LogP contribution in [0.4, 0.5) is 0 Å². The van der Waals surface area contributed by atoms with Crippen molar-refractivity contribution >= 4 is 0 Å². The molecule has 0 amide bonds. The lowest BCUT2D eigenvalue weighted by Gasteiger charge is -2.26. The van der Waals surface area contributed by atoms with Crippen LogP contribution in [0.1, 0.15) is 81.5 Å². The fraction of sp³-hybridized carbons (Fsp3) is 0.688. The van der Waals surface area contributed by atoms with Crippen LogP contribution in [0.15, 0.2) is 10.7 Å². The van der Waals surface area contributed by atoms with E-state index in [0.29, 0.717) is 11.9 Å². The maximum Gasteiger partial charge on any atom is 0.243 e. The molecule has 0 saturated carbocycles. The van der Waals surface area contributed by atoms with Crippen molar-refractivity contribution in [2.75, 3.05) is 0 Å². The van der Waals surface area contributed by atoms with Gasteiger partial charge in [-0.15, -0.1) is 0 Å². The minimum absolute atomic E-state index is 0.0425. The summed E-state index contributed by atoms with van der Waals surface area (Å²) in [5, 5.41) is 12.2. The van der Waals surface area contributed by atoms with E-state index in [1.54, 1.807) is 0 Å². The maximum atomic E-state index is 5.40. The third kappa shape index (κ3) is 2.79. The van der Waals surface area contributed by atoms with Crippen molar-refractivity contribution in [1.82, 2.24) is 25.2 Å². The summed E-state index contributed by atoms with van der Waals surface area (Å²) in [4.78, 5) is 4.49. The first-order valence-corrected chi connectivity index (χ1v) is 8.24. The summed E-state index contributed by atoms with van der Waals surface area (Å²) in [6, 6.07) is 0.356.